The van der Waals surface area contributed by atoms with Gasteiger partial charge in [0.25, 0.3) is 0 Å². The van der Waals surface area contributed by atoms with Crippen LogP contribution in [0.15, 0.2) is 0 Å². The topological polar surface area (TPSA) is 168 Å². The van der Waals surface area contributed by atoms with E-state index in [1.807, 2.05) is 32.6 Å². The van der Waals surface area contributed by atoms with E-state index in [4.69, 9.17) is 27.5 Å². The van der Waals surface area contributed by atoms with Gasteiger partial charge in [-0.2, -0.15) is 0 Å². The van der Waals surface area contributed by atoms with Gasteiger partial charge in [-0.25, -0.2) is 0 Å². The van der Waals surface area contributed by atoms with Crippen LogP contribution in [0.3, 0.4) is 0 Å². The van der Waals surface area contributed by atoms with Crippen molar-refractivity contribution in [3.8, 4) is 0 Å². The van der Waals surface area contributed by atoms with Gasteiger partial charge >= 0.3 is 63.3 Å². The van der Waals surface area contributed by atoms with E-state index >= 15 is 0 Å². The molecule has 0 radical (unpaired) electrons. The van der Waals surface area contributed by atoms with E-state index in [1.165, 1.54) is 0 Å². The Morgan fingerprint density at radius 1 is 0.592 bits per heavy atom. The number of unbranched alkanes of at least 4 members (excludes halogenated alkanes) is 2. The van der Waals surface area contributed by atoms with Gasteiger partial charge in [0, 0.05) is 52.4 Å². The summed E-state index contributed by atoms with van der Waals surface area (Å²) in [7, 11) is -3.47. The number of hydrogen-bond acceptors (Lipinski definition) is 11. The van der Waals surface area contributed by atoms with Crippen LogP contribution in [-0.4, -0.2) is 130 Å². The number of methoxy groups -OCH3 is 1. The fraction of sp³-hybridized carbons (Fsp3) is 0.906. The first kappa shape index (κ1) is 72.6. The van der Waals surface area contributed by atoms with Crippen LogP contribution in [-0.2, 0) is 51.5 Å². The molecule has 3 heterocycles. The minimum absolute atomic E-state index is 0. The fourth-order valence-corrected chi connectivity index (χ4v) is 9.91. The van der Waals surface area contributed by atoms with Crippen LogP contribution < -0.4 is 62.0 Å². The largest absolute Gasteiger partial charge is 1.00 e. The van der Waals surface area contributed by atoms with Gasteiger partial charge in [0.2, 0.25) is 17.7 Å². The number of rotatable bonds is 21. The molecule has 0 aliphatic carbocycles. The van der Waals surface area contributed by atoms with Crippen molar-refractivity contribution in [2.45, 2.75) is 271 Å². The molecule has 3 rings (SSSR count). The number of esters is 2. The molecular weight excluding hydrogens is 978 g/mol. The number of nitrogens with zero attached hydrogens (tertiary/aromatic N) is 1. The summed E-state index contributed by atoms with van der Waals surface area (Å²) in [5.74, 6) is 0.318. The summed E-state index contributed by atoms with van der Waals surface area (Å²) >= 11 is 0. The molecule has 414 valence electrons. The number of hydrogen-bond donors (Lipinski definition) is 2. The number of carbonyl (C=O) groups is 5. The molecule has 3 aliphatic heterocycles. The van der Waals surface area contributed by atoms with Gasteiger partial charge < -0.3 is 44.4 Å². The van der Waals surface area contributed by atoms with E-state index in [0.717, 1.165) is 70.8 Å². The molecule has 3 aliphatic rings. The maximum Gasteiger partial charge on any atom is 1.00 e. The molecule has 3 saturated heterocycles. The van der Waals surface area contributed by atoms with Gasteiger partial charge in [-0.15, -0.1) is 0 Å². The monoisotopic (exact) mass is 1090 g/mol. The van der Waals surface area contributed by atoms with Crippen molar-refractivity contribution in [2.75, 3.05) is 40.1 Å². The first-order valence-electron chi connectivity index (χ1n) is 26.7. The van der Waals surface area contributed by atoms with Crippen LogP contribution in [0.25, 0.3) is 0 Å². The number of amides is 3. The number of carbonyl (C=O) groups excluding carboxylic acids is 5. The molecule has 0 aromatic rings. The standard InChI is InChI=1S/C20H39NO4Si.2C12H25NO2Si.C9H18O3.K.H/c1-16(2)25-19(23)13-8-9-14-21-17(11-10-12-18(21)22)15-24-26(6,7)20(3,4)5;2*1-12(2,3)16(4,5)15-9-10-7-6-8-11(14)13-10;1-8(2)12-9(10)6-4-5-7-11-3;;/h16-17H,8-15H2,1-7H3;2*10H,6-9H2,1-5H3,(H,13,14);8H,4-7H2,1-3H3;;/q;;;;+1;-1/t17-;2*10-;;;/m111.../s1. The van der Waals surface area contributed by atoms with Crippen molar-refractivity contribution in [3.05, 3.63) is 0 Å². The first-order chi connectivity index (χ1) is 32.0. The Morgan fingerprint density at radius 2 is 0.958 bits per heavy atom. The third-order valence-corrected chi connectivity index (χ3v) is 27.9. The van der Waals surface area contributed by atoms with Crippen molar-refractivity contribution in [2.24, 2.45) is 0 Å². The van der Waals surface area contributed by atoms with Gasteiger partial charge in [-0.05, 0) is 146 Å². The summed E-state index contributed by atoms with van der Waals surface area (Å²) in [5, 5.41) is 6.65. The van der Waals surface area contributed by atoms with E-state index < -0.39 is 25.0 Å². The SMILES string of the molecule is CC(C)(C)[Si](C)(C)OC[C@H]1CCCC(=O)N1.CC(C)(C)[Si](C)(C)OC[C@H]1CCCC(=O)N1.CC(C)OC(=O)CCCCN1C(=O)CCC[C@@H]1CO[Si](C)(C)C(C)(C)C.COCCCCC(=O)OC(C)C.[H-].[K+]. The molecule has 3 amide bonds. The second kappa shape index (κ2) is 35.0. The summed E-state index contributed by atoms with van der Waals surface area (Å²) in [4.78, 5) is 59.4. The molecule has 0 bridgehead atoms. The quantitative estimate of drug-likeness (QED) is 0.0641. The Balaban J connectivity index is -0.000000911. The van der Waals surface area contributed by atoms with Crippen LogP contribution in [0.1, 0.15) is 188 Å². The maximum absolute atomic E-state index is 12.4. The molecule has 3 atom stereocenters. The Morgan fingerprint density at radius 3 is 1.31 bits per heavy atom. The van der Waals surface area contributed by atoms with Crippen molar-refractivity contribution in [3.63, 3.8) is 0 Å². The third kappa shape index (κ3) is 32.0. The summed E-state index contributed by atoms with van der Waals surface area (Å²) in [5.41, 5.74) is 0. The minimum Gasteiger partial charge on any atom is -1.00 e. The zero-order valence-corrected chi connectivity index (χ0v) is 55.6. The fourth-order valence-electron chi connectivity index (χ4n) is 6.77. The Kier molecular flexibility index (Phi) is 35.8. The van der Waals surface area contributed by atoms with Crippen molar-refractivity contribution in [1.29, 1.82) is 0 Å². The van der Waals surface area contributed by atoms with Gasteiger partial charge in [0.1, 0.15) is 0 Å². The van der Waals surface area contributed by atoms with Crippen LogP contribution in [0.5, 0.6) is 0 Å². The predicted octanol–water partition coefficient (Wildman–Crippen LogP) is 8.74. The van der Waals surface area contributed by atoms with Crippen LogP contribution in [0.2, 0.25) is 54.4 Å². The molecule has 0 aromatic carbocycles. The molecule has 0 saturated carbocycles. The van der Waals surface area contributed by atoms with Gasteiger partial charge in [-0.1, -0.05) is 62.3 Å². The van der Waals surface area contributed by atoms with Crippen LogP contribution in [0, 0.1) is 0 Å². The molecule has 14 nitrogen and oxygen atoms in total. The Bertz CT molecular complexity index is 1500. The number of piperidine rings is 3. The number of likely N-dealkylation sites (tertiary alicyclic amines) is 1. The van der Waals surface area contributed by atoms with Gasteiger partial charge in [0.15, 0.2) is 25.0 Å². The van der Waals surface area contributed by atoms with Gasteiger partial charge in [0.05, 0.1) is 50.2 Å². The van der Waals surface area contributed by atoms with Gasteiger partial charge in [-0.3, -0.25) is 24.0 Å². The minimum atomic E-state index is -1.81. The zero-order valence-electron chi connectivity index (χ0n) is 50.5. The third-order valence-electron chi connectivity index (χ3n) is 14.4. The molecule has 0 unspecified atom stereocenters. The number of ether oxygens (including phenoxy) is 3. The summed E-state index contributed by atoms with van der Waals surface area (Å²) in [6.45, 7) is 44.5. The van der Waals surface area contributed by atoms with Crippen LogP contribution >= 0.6 is 0 Å². The molecular formula is C53H108KN3O11Si3. The first-order valence-corrected chi connectivity index (χ1v) is 35.5. The normalized spacial score (nSPS) is 19.2. The molecule has 0 spiro atoms. The van der Waals surface area contributed by atoms with E-state index in [9.17, 15) is 24.0 Å². The Hall–Kier alpha value is -0.523. The molecule has 0 aromatic heterocycles. The summed E-state index contributed by atoms with van der Waals surface area (Å²) < 4.78 is 33.5. The number of nitrogens with one attached hydrogen (secondary N) is 2. The average Bonchev–Trinajstić information content (AvgIpc) is 3.21. The van der Waals surface area contributed by atoms with E-state index in [-0.39, 0.29) is 128 Å². The molecule has 3 fully saturated rings. The summed E-state index contributed by atoms with van der Waals surface area (Å²) in [6, 6.07) is 0.638. The van der Waals surface area contributed by atoms with E-state index in [1.54, 1.807) is 7.11 Å². The van der Waals surface area contributed by atoms with Crippen molar-refractivity contribution in [1.82, 2.24) is 15.5 Å². The molecule has 2 N–H and O–H groups in total. The smallest absolute Gasteiger partial charge is 1.00 e. The Labute approximate surface area is 481 Å². The molecule has 18 heteroatoms. The second-order valence-corrected chi connectivity index (χ2v) is 39.1. The van der Waals surface area contributed by atoms with E-state index in [2.05, 4.69) is 112 Å². The zero-order chi connectivity index (χ0) is 54.1. The second-order valence-electron chi connectivity index (χ2n) is 24.6. The summed E-state index contributed by atoms with van der Waals surface area (Å²) in [6.07, 6.45) is 12.3. The van der Waals surface area contributed by atoms with E-state index in [0.29, 0.717) is 58.5 Å². The maximum atomic E-state index is 12.4. The van der Waals surface area contributed by atoms with Crippen LogP contribution in [0.4, 0.5) is 0 Å². The van der Waals surface area contributed by atoms with Crippen molar-refractivity contribution >= 4 is 54.6 Å². The predicted molar refractivity (Wildman–Crippen MR) is 294 cm³/mol. The van der Waals surface area contributed by atoms with Crippen molar-refractivity contribution < 1.29 is 104 Å². The average molecular weight is 1090 g/mol. The molecule has 71 heavy (non-hydrogen) atoms.